The second-order valence-electron chi connectivity index (χ2n) is 4.23. The molecule has 0 aliphatic heterocycles. The number of hydrogen-bond acceptors (Lipinski definition) is 2. The molecule has 0 radical (unpaired) electrons. The number of aryl methyl sites for hydroxylation is 1. The first-order chi connectivity index (χ1) is 8.15. The van der Waals surface area contributed by atoms with E-state index < -0.39 is 21.6 Å². The van der Waals surface area contributed by atoms with Gasteiger partial charge in [0.1, 0.15) is 0 Å². The van der Waals surface area contributed by atoms with E-state index in [4.69, 9.17) is 0 Å². The van der Waals surface area contributed by atoms with E-state index in [0.29, 0.717) is 17.5 Å². The highest BCUT2D eigenvalue weighted by atomic mass is 32.2. The van der Waals surface area contributed by atoms with Crippen LogP contribution in [0.3, 0.4) is 0 Å². The van der Waals surface area contributed by atoms with Crippen LogP contribution in [0.15, 0.2) is 18.2 Å². The van der Waals surface area contributed by atoms with E-state index in [1.165, 1.54) is 13.0 Å². The Hall–Kier alpha value is -1.04. The molecule has 0 saturated heterocycles. The first-order valence-corrected chi connectivity index (χ1v) is 7.35. The zero-order chi connectivity index (χ0) is 14.0. The fraction of sp³-hybridized carbons (Fsp3) is 0.500. The normalized spacial score (nSPS) is 12.7. The van der Waals surface area contributed by atoms with Crippen molar-refractivity contribution in [3.05, 3.63) is 34.9 Å². The Morgan fingerprint density at radius 3 is 2.28 bits per heavy atom. The minimum Gasteiger partial charge on any atom is -0.228 e. The largest absolute Gasteiger partial charge is 0.416 e. The summed E-state index contributed by atoms with van der Waals surface area (Å²) in [5.41, 5.74) is 0.0255. The molecule has 6 heteroatoms. The van der Waals surface area contributed by atoms with Crippen molar-refractivity contribution in [1.82, 2.24) is 0 Å². The Kier molecular flexibility index (Phi) is 4.42. The van der Waals surface area contributed by atoms with Gasteiger partial charge in [-0.05, 0) is 36.6 Å². The highest BCUT2D eigenvalue weighted by Crippen LogP contribution is 2.30. The van der Waals surface area contributed by atoms with E-state index in [9.17, 15) is 21.6 Å². The second kappa shape index (κ2) is 5.30. The van der Waals surface area contributed by atoms with Crippen LogP contribution < -0.4 is 0 Å². The fourth-order valence-corrected chi connectivity index (χ4v) is 3.22. The summed E-state index contributed by atoms with van der Waals surface area (Å²) in [4.78, 5) is 0. The van der Waals surface area contributed by atoms with E-state index in [-0.39, 0.29) is 11.5 Å². The van der Waals surface area contributed by atoms with Gasteiger partial charge in [0.05, 0.1) is 17.1 Å². The molecule has 0 aliphatic carbocycles. The van der Waals surface area contributed by atoms with Crippen molar-refractivity contribution in [3.8, 4) is 0 Å². The number of hydrogen-bond donors (Lipinski definition) is 0. The molecule has 0 atom stereocenters. The van der Waals surface area contributed by atoms with Crippen LogP contribution in [0.2, 0.25) is 0 Å². The van der Waals surface area contributed by atoms with Gasteiger partial charge in [0.15, 0.2) is 9.84 Å². The third kappa shape index (κ3) is 4.01. The number of alkyl halides is 3. The molecule has 0 saturated carbocycles. The Bertz CT molecular complexity index is 519. The topological polar surface area (TPSA) is 34.1 Å². The van der Waals surface area contributed by atoms with Gasteiger partial charge in [-0.2, -0.15) is 13.2 Å². The van der Waals surface area contributed by atoms with Gasteiger partial charge in [-0.15, -0.1) is 0 Å². The Labute approximate surface area is 105 Å². The zero-order valence-electron chi connectivity index (χ0n) is 10.2. The summed E-state index contributed by atoms with van der Waals surface area (Å²) < 4.78 is 60.5. The maximum Gasteiger partial charge on any atom is 0.416 e. The van der Waals surface area contributed by atoms with Crippen LogP contribution in [0.25, 0.3) is 0 Å². The lowest BCUT2D eigenvalue weighted by molar-refractivity contribution is -0.137. The maximum absolute atomic E-state index is 12.4. The number of sulfone groups is 1. The molecule has 1 aromatic carbocycles. The molecule has 1 aromatic rings. The highest BCUT2D eigenvalue weighted by molar-refractivity contribution is 7.90. The number of halogens is 3. The molecule has 0 fully saturated rings. The van der Waals surface area contributed by atoms with Gasteiger partial charge in [0.25, 0.3) is 0 Å². The molecule has 0 unspecified atom stereocenters. The predicted octanol–water partition coefficient (Wildman–Crippen LogP) is 3.34. The average Bonchev–Trinajstić information content (AvgIpc) is 2.19. The van der Waals surface area contributed by atoms with Crippen LogP contribution in [-0.2, 0) is 21.8 Å². The van der Waals surface area contributed by atoms with Gasteiger partial charge in [0.2, 0.25) is 0 Å². The van der Waals surface area contributed by atoms with E-state index in [1.54, 1.807) is 6.92 Å². The van der Waals surface area contributed by atoms with Crippen molar-refractivity contribution in [2.24, 2.45) is 0 Å². The van der Waals surface area contributed by atoms with Crippen LogP contribution >= 0.6 is 0 Å². The Morgan fingerprint density at radius 2 is 1.83 bits per heavy atom. The first-order valence-electron chi connectivity index (χ1n) is 5.53. The average molecular weight is 280 g/mol. The lowest BCUT2D eigenvalue weighted by Gasteiger charge is -2.11. The summed E-state index contributed by atoms with van der Waals surface area (Å²) >= 11 is 0. The van der Waals surface area contributed by atoms with Crippen molar-refractivity contribution in [2.45, 2.75) is 32.2 Å². The second-order valence-corrected chi connectivity index (χ2v) is 6.42. The Balaban J connectivity index is 3.01. The fourth-order valence-electron chi connectivity index (χ4n) is 1.65. The van der Waals surface area contributed by atoms with Crippen molar-refractivity contribution >= 4 is 9.84 Å². The summed E-state index contributed by atoms with van der Waals surface area (Å²) in [6.45, 7) is 3.24. The quantitative estimate of drug-likeness (QED) is 0.847. The van der Waals surface area contributed by atoms with Gasteiger partial charge in [0, 0.05) is 0 Å². The molecule has 0 amide bonds. The maximum atomic E-state index is 12.4. The molecule has 0 bridgehead atoms. The molecule has 18 heavy (non-hydrogen) atoms. The Morgan fingerprint density at radius 1 is 1.22 bits per heavy atom. The van der Waals surface area contributed by atoms with Gasteiger partial charge in [-0.3, -0.25) is 0 Å². The molecule has 0 aliphatic rings. The van der Waals surface area contributed by atoms with Crippen molar-refractivity contribution in [2.75, 3.05) is 5.75 Å². The van der Waals surface area contributed by atoms with Gasteiger partial charge in [-0.25, -0.2) is 8.42 Å². The van der Waals surface area contributed by atoms with E-state index >= 15 is 0 Å². The minimum absolute atomic E-state index is 0.0491. The lowest BCUT2D eigenvalue weighted by Crippen LogP contribution is -2.11. The molecule has 2 nitrogen and oxygen atoms in total. The van der Waals surface area contributed by atoms with Crippen LogP contribution in [0.4, 0.5) is 13.2 Å². The molecular formula is C12H15F3O2S. The SMILES string of the molecule is CCCS(=O)(=O)Cc1ccc(C(F)(F)F)cc1C. The standard InChI is InChI=1S/C12H15F3O2S/c1-3-6-18(16,17)8-10-4-5-11(7-9(10)2)12(13,14)15/h4-5,7H,3,6,8H2,1-2H3. The molecular weight excluding hydrogens is 265 g/mol. The lowest BCUT2D eigenvalue weighted by atomic mass is 10.1. The van der Waals surface area contributed by atoms with Gasteiger partial charge >= 0.3 is 6.18 Å². The van der Waals surface area contributed by atoms with Crippen molar-refractivity contribution in [1.29, 1.82) is 0 Å². The molecule has 0 aromatic heterocycles. The van der Waals surface area contributed by atoms with Crippen molar-refractivity contribution in [3.63, 3.8) is 0 Å². The number of benzene rings is 1. The molecule has 1 rings (SSSR count). The molecule has 0 N–H and O–H groups in total. The third-order valence-corrected chi connectivity index (χ3v) is 4.34. The molecule has 102 valence electrons. The monoisotopic (exact) mass is 280 g/mol. The molecule has 0 spiro atoms. The zero-order valence-corrected chi connectivity index (χ0v) is 11.0. The van der Waals surface area contributed by atoms with Crippen LogP contribution in [0, 0.1) is 6.92 Å². The van der Waals surface area contributed by atoms with E-state index in [2.05, 4.69) is 0 Å². The summed E-state index contributed by atoms with van der Waals surface area (Å²) in [6, 6.07) is 3.14. The van der Waals surface area contributed by atoms with Crippen LogP contribution in [0.1, 0.15) is 30.0 Å². The smallest absolute Gasteiger partial charge is 0.228 e. The summed E-state index contributed by atoms with van der Waals surface area (Å²) in [6.07, 6.45) is -3.90. The highest BCUT2D eigenvalue weighted by Gasteiger charge is 2.30. The van der Waals surface area contributed by atoms with E-state index in [0.717, 1.165) is 12.1 Å². The first kappa shape index (κ1) is 15.0. The summed E-state index contributed by atoms with van der Waals surface area (Å²) in [5.74, 6) is -0.154. The van der Waals surface area contributed by atoms with E-state index in [1.807, 2.05) is 0 Å². The molecule has 0 heterocycles. The van der Waals surface area contributed by atoms with Crippen LogP contribution in [0.5, 0.6) is 0 Å². The minimum atomic E-state index is -4.40. The van der Waals surface area contributed by atoms with Crippen molar-refractivity contribution < 1.29 is 21.6 Å². The summed E-state index contributed by atoms with van der Waals surface area (Å²) in [5, 5.41) is 0. The third-order valence-electron chi connectivity index (χ3n) is 2.56. The number of rotatable bonds is 4. The van der Waals surface area contributed by atoms with Gasteiger partial charge < -0.3 is 0 Å². The van der Waals surface area contributed by atoms with Gasteiger partial charge in [-0.1, -0.05) is 13.0 Å². The van der Waals surface area contributed by atoms with Crippen LogP contribution in [-0.4, -0.2) is 14.2 Å². The predicted molar refractivity (Wildman–Crippen MR) is 64.0 cm³/mol. The summed E-state index contributed by atoms with van der Waals surface area (Å²) in [7, 11) is -3.24.